The smallest absolute Gasteiger partial charge is 0.416 e. The summed E-state index contributed by atoms with van der Waals surface area (Å²) in [5.74, 6) is -2.69. The van der Waals surface area contributed by atoms with Gasteiger partial charge in [-0.3, -0.25) is 19.7 Å². The molecule has 1 aliphatic carbocycles. The second-order valence-corrected chi connectivity index (χ2v) is 12.2. The van der Waals surface area contributed by atoms with Crippen LogP contribution in [-0.4, -0.2) is 47.8 Å². The van der Waals surface area contributed by atoms with E-state index in [-0.39, 0.29) is 40.0 Å². The first-order chi connectivity index (χ1) is 20.2. The average Bonchev–Trinajstić information content (AvgIpc) is 2.92. The van der Waals surface area contributed by atoms with E-state index in [4.69, 9.17) is 0 Å². The monoisotopic (exact) mass is 739 g/mol. The van der Waals surface area contributed by atoms with Crippen LogP contribution in [0.3, 0.4) is 0 Å². The molecule has 14 heteroatoms. The van der Waals surface area contributed by atoms with Crippen LogP contribution in [0.5, 0.6) is 5.75 Å². The van der Waals surface area contributed by atoms with Crippen LogP contribution >= 0.6 is 31.9 Å². The van der Waals surface area contributed by atoms with Crippen LogP contribution in [0.1, 0.15) is 61.8 Å². The van der Waals surface area contributed by atoms with Gasteiger partial charge in [-0.25, -0.2) is 8.78 Å². The fourth-order valence-corrected chi connectivity index (χ4v) is 5.97. The summed E-state index contributed by atoms with van der Waals surface area (Å²) in [7, 11) is 0. The van der Waals surface area contributed by atoms with Crippen LogP contribution in [0, 0.1) is 5.92 Å². The lowest BCUT2D eigenvalue weighted by molar-refractivity contribution is -0.140. The lowest BCUT2D eigenvalue weighted by Gasteiger charge is -2.31. The van der Waals surface area contributed by atoms with E-state index < -0.39 is 59.5 Å². The highest BCUT2D eigenvalue weighted by atomic mass is 79.9. The molecule has 7 nitrogen and oxygen atoms in total. The molecule has 1 aliphatic rings. The molecular formula is C29H32Br2F5N3O4. The minimum Gasteiger partial charge on any atom is -0.506 e. The molecule has 0 bridgehead atoms. The summed E-state index contributed by atoms with van der Waals surface area (Å²) in [6, 6.07) is 1.66. The quantitative estimate of drug-likeness (QED) is 0.136. The van der Waals surface area contributed by atoms with E-state index in [0.717, 1.165) is 37.5 Å². The second-order valence-electron chi connectivity index (χ2n) is 10.5. The zero-order valence-electron chi connectivity index (χ0n) is 23.1. The van der Waals surface area contributed by atoms with Crippen molar-refractivity contribution < 1.29 is 41.4 Å². The van der Waals surface area contributed by atoms with Gasteiger partial charge in [0.25, 0.3) is 12.3 Å². The number of phenolic OH excluding ortho intramolecular Hbond substituents is 1. The molecule has 0 spiro atoms. The number of hydrogen-bond acceptors (Lipinski definition) is 5. The third-order valence-electron chi connectivity index (χ3n) is 7.22. The van der Waals surface area contributed by atoms with Crippen molar-refractivity contribution in [2.75, 3.05) is 6.54 Å². The summed E-state index contributed by atoms with van der Waals surface area (Å²) >= 11 is 6.36. The van der Waals surface area contributed by atoms with Crippen molar-refractivity contribution in [3.8, 4) is 5.75 Å². The Morgan fingerprint density at radius 2 is 1.70 bits per heavy atom. The van der Waals surface area contributed by atoms with Crippen LogP contribution in [0.2, 0.25) is 0 Å². The lowest BCUT2D eigenvalue weighted by Crippen LogP contribution is -2.55. The minimum atomic E-state index is -4.78. The van der Waals surface area contributed by atoms with E-state index in [1.54, 1.807) is 6.92 Å². The fourth-order valence-electron chi connectivity index (χ4n) is 4.69. The van der Waals surface area contributed by atoms with E-state index in [0.29, 0.717) is 18.1 Å². The zero-order valence-corrected chi connectivity index (χ0v) is 26.3. The molecule has 0 aromatic heterocycles. The van der Waals surface area contributed by atoms with Crippen molar-refractivity contribution in [2.45, 2.75) is 76.2 Å². The van der Waals surface area contributed by atoms with Crippen molar-refractivity contribution >= 4 is 49.5 Å². The van der Waals surface area contributed by atoms with Gasteiger partial charge in [0.05, 0.1) is 32.6 Å². The van der Waals surface area contributed by atoms with Gasteiger partial charge < -0.3 is 15.7 Å². The third-order valence-corrected chi connectivity index (χ3v) is 8.43. The average molecular weight is 741 g/mol. The highest BCUT2D eigenvalue weighted by Gasteiger charge is 2.36. The standard InChI is InChI=1S/C29H32Br2F5N3O4/c1-2-9-37-28(43)25(41)21(12-15-5-3-6-15)39-27(42)22(13-16-10-19(30)24(40)20(31)11-16)38-23(26(32)33)17-7-4-8-18(14-17)29(34,35)36/h4,7-8,10-11,14-15,21-23,26,38,40H,2-3,5-6,9,12-13H2,1H3,(H,37,43)(H,39,42)/t21-,22-,23-/m0/s1. The maximum absolute atomic E-state index is 14.4. The Hall–Kier alpha value is -2.58. The first-order valence-corrected chi connectivity index (χ1v) is 15.3. The maximum Gasteiger partial charge on any atom is 0.416 e. The minimum absolute atomic E-state index is 0.0857. The van der Waals surface area contributed by atoms with Crippen molar-refractivity contribution in [1.29, 1.82) is 0 Å². The molecule has 43 heavy (non-hydrogen) atoms. The predicted molar refractivity (Wildman–Crippen MR) is 157 cm³/mol. The molecule has 1 fully saturated rings. The molecule has 0 radical (unpaired) electrons. The van der Waals surface area contributed by atoms with Crippen molar-refractivity contribution in [3.63, 3.8) is 0 Å². The number of hydrogen-bond donors (Lipinski definition) is 4. The van der Waals surface area contributed by atoms with Crippen LogP contribution < -0.4 is 16.0 Å². The largest absolute Gasteiger partial charge is 0.506 e. The van der Waals surface area contributed by atoms with Crippen LogP contribution in [0.4, 0.5) is 22.0 Å². The third kappa shape index (κ3) is 9.70. The van der Waals surface area contributed by atoms with Gasteiger partial charge in [0, 0.05) is 6.54 Å². The molecule has 1 saturated carbocycles. The number of halogens is 7. The van der Waals surface area contributed by atoms with Gasteiger partial charge in [-0.15, -0.1) is 0 Å². The summed E-state index contributed by atoms with van der Waals surface area (Å²) in [6.45, 7) is 2.05. The summed E-state index contributed by atoms with van der Waals surface area (Å²) in [5, 5.41) is 17.6. The van der Waals surface area contributed by atoms with Gasteiger partial charge in [-0.1, -0.05) is 38.3 Å². The molecule has 3 rings (SSSR count). The molecular weight excluding hydrogens is 709 g/mol. The summed E-state index contributed by atoms with van der Waals surface area (Å²) in [6.07, 6.45) is -4.96. The molecule has 2 aromatic carbocycles. The summed E-state index contributed by atoms with van der Waals surface area (Å²) < 4.78 is 69.3. The van der Waals surface area contributed by atoms with Gasteiger partial charge in [0.15, 0.2) is 0 Å². The van der Waals surface area contributed by atoms with Gasteiger partial charge in [0.2, 0.25) is 11.7 Å². The van der Waals surface area contributed by atoms with Gasteiger partial charge in [-0.05, 0) is 92.4 Å². The van der Waals surface area contributed by atoms with Crippen molar-refractivity contribution in [2.24, 2.45) is 5.92 Å². The lowest BCUT2D eigenvalue weighted by atomic mass is 9.80. The highest BCUT2D eigenvalue weighted by Crippen LogP contribution is 2.35. The van der Waals surface area contributed by atoms with Gasteiger partial charge in [0.1, 0.15) is 5.75 Å². The molecule has 4 N–H and O–H groups in total. The second kappa shape index (κ2) is 15.4. The van der Waals surface area contributed by atoms with E-state index >= 15 is 0 Å². The number of amides is 2. The molecule has 0 aliphatic heterocycles. The zero-order chi connectivity index (χ0) is 31.9. The van der Waals surface area contributed by atoms with Gasteiger partial charge >= 0.3 is 6.18 Å². The Labute approximate surface area is 262 Å². The maximum atomic E-state index is 14.4. The normalized spacial score (nSPS) is 15.8. The first kappa shape index (κ1) is 34.9. The van der Waals surface area contributed by atoms with Crippen molar-refractivity contribution in [1.82, 2.24) is 16.0 Å². The molecule has 2 aromatic rings. The first-order valence-electron chi connectivity index (χ1n) is 13.7. The molecule has 3 atom stereocenters. The Kier molecular flexibility index (Phi) is 12.5. The summed E-state index contributed by atoms with van der Waals surface area (Å²) in [4.78, 5) is 39.2. The van der Waals surface area contributed by atoms with E-state index in [9.17, 15) is 41.4 Å². The number of phenols is 1. The molecule has 2 amide bonds. The topological polar surface area (TPSA) is 108 Å². The van der Waals surface area contributed by atoms with Crippen molar-refractivity contribution in [3.05, 3.63) is 62.0 Å². The van der Waals surface area contributed by atoms with Crippen LogP contribution in [0.15, 0.2) is 45.3 Å². The number of carbonyl (C=O) groups is 3. The number of carbonyl (C=O) groups excluding carboxylic acids is 3. The Bertz CT molecular complexity index is 1280. The fraction of sp³-hybridized carbons (Fsp3) is 0.483. The molecule has 236 valence electrons. The molecule has 0 saturated heterocycles. The number of Topliss-reactive ketones (excluding diaryl/α,β-unsaturated/α-hetero) is 1. The van der Waals surface area contributed by atoms with Crippen LogP contribution in [-0.2, 0) is 27.0 Å². The number of aromatic hydroxyl groups is 1. The molecule has 0 heterocycles. The Morgan fingerprint density at radius 1 is 1.05 bits per heavy atom. The Morgan fingerprint density at radius 3 is 2.23 bits per heavy atom. The number of ketones is 1. The Balaban J connectivity index is 1.96. The summed E-state index contributed by atoms with van der Waals surface area (Å²) in [5.41, 5.74) is -1.13. The number of rotatable bonds is 14. The number of nitrogens with one attached hydrogen (secondary N) is 3. The van der Waals surface area contributed by atoms with E-state index in [2.05, 4.69) is 47.8 Å². The molecule has 0 unspecified atom stereocenters. The SMILES string of the molecule is CCCNC(=O)C(=O)[C@H](CC1CCC1)NC(=O)[C@H](Cc1cc(Br)c(O)c(Br)c1)N[C@@H](c1cccc(C(F)(F)F)c1)C(F)F. The highest BCUT2D eigenvalue weighted by molar-refractivity contribution is 9.11. The van der Waals surface area contributed by atoms with E-state index in [1.165, 1.54) is 12.1 Å². The predicted octanol–water partition coefficient (Wildman–Crippen LogP) is 6.21. The van der Waals surface area contributed by atoms with E-state index in [1.807, 2.05) is 0 Å². The van der Waals surface area contributed by atoms with Crippen LogP contribution in [0.25, 0.3) is 0 Å². The number of benzene rings is 2. The van der Waals surface area contributed by atoms with Gasteiger partial charge in [-0.2, -0.15) is 13.2 Å². The number of alkyl halides is 5.